The molecule has 0 amide bonds. The summed E-state index contributed by atoms with van der Waals surface area (Å²) in [5, 5.41) is 14.3. The number of benzene rings is 2. The molecule has 2 aromatic carbocycles. The predicted molar refractivity (Wildman–Crippen MR) is 80.6 cm³/mol. The van der Waals surface area contributed by atoms with Crippen LogP contribution >= 0.6 is 0 Å². The fourth-order valence-electron chi connectivity index (χ4n) is 2.28. The van der Waals surface area contributed by atoms with Crippen molar-refractivity contribution < 1.29 is 4.74 Å². The average Bonchev–Trinajstić information content (AvgIpc) is 3.08. The molecule has 0 saturated heterocycles. The van der Waals surface area contributed by atoms with Gasteiger partial charge in [0.2, 0.25) is 5.82 Å². The van der Waals surface area contributed by atoms with Gasteiger partial charge in [0.25, 0.3) is 0 Å². The highest BCUT2D eigenvalue weighted by molar-refractivity contribution is 5.80. The van der Waals surface area contributed by atoms with Crippen molar-refractivity contribution in [3.63, 3.8) is 0 Å². The van der Waals surface area contributed by atoms with Crippen molar-refractivity contribution in [2.75, 3.05) is 13.7 Å². The Morgan fingerprint density at radius 3 is 2.43 bits per heavy atom. The van der Waals surface area contributed by atoms with Crippen LogP contribution in [-0.2, 0) is 11.2 Å². The Morgan fingerprint density at radius 1 is 1.00 bits per heavy atom. The second-order valence-electron chi connectivity index (χ2n) is 4.72. The van der Waals surface area contributed by atoms with E-state index in [9.17, 15) is 0 Å². The standard InChI is InChI=1S/C16H16N4O/c1-21-11-10-12-6-8-13(9-7-12)14-4-2-3-5-15(14)16-17-19-20-18-16/h2-9H,10-11H2,1H3,(H,17,18,19,20). The van der Waals surface area contributed by atoms with Crippen LogP contribution in [0.5, 0.6) is 0 Å². The summed E-state index contributed by atoms with van der Waals surface area (Å²) in [7, 11) is 1.72. The van der Waals surface area contributed by atoms with Gasteiger partial charge in [-0.1, -0.05) is 48.5 Å². The number of nitrogens with one attached hydrogen (secondary N) is 1. The molecule has 0 radical (unpaired) electrons. The molecular formula is C16H16N4O. The molecule has 3 aromatic rings. The van der Waals surface area contributed by atoms with Gasteiger partial charge >= 0.3 is 0 Å². The van der Waals surface area contributed by atoms with Crippen LogP contribution in [-0.4, -0.2) is 34.3 Å². The van der Waals surface area contributed by atoms with Gasteiger partial charge in [0.1, 0.15) is 0 Å². The lowest BCUT2D eigenvalue weighted by molar-refractivity contribution is 0.202. The maximum atomic E-state index is 5.10. The lowest BCUT2D eigenvalue weighted by Gasteiger charge is -2.08. The molecular weight excluding hydrogens is 264 g/mol. The monoisotopic (exact) mass is 280 g/mol. The van der Waals surface area contributed by atoms with E-state index in [0.717, 1.165) is 29.7 Å². The number of nitrogens with zero attached hydrogens (tertiary/aromatic N) is 3. The Morgan fingerprint density at radius 2 is 1.76 bits per heavy atom. The van der Waals surface area contributed by atoms with E-state index >= 15 is 0 Å². The Labute approximate surface area is 123 Å². The number of ether oxygens (including phenoxy) is 1. The zero-order valence-corrected chi connectivity index (χ0v) is 11.8. The molecule has 0 spiro atoms. The van der Waals surface area contributed by atoms with E-state index in [-0.39, 0.29) is 0 Å². The summed E-state index contributed by atoms with van der Waals surface area (Å²) in [6.07, 6.45) is 0.920. The molecule has 0 bridgehead atoms. The van der Waals surface area contributed by atoms with Gasteiger partial charge < -0.3 is 4.74 Å². The largest absolute Gasteiger partial charge is 0.384 e. The van der Waals surface area contributed by atoms with Crippen LogP contribution in [0.4, 0.5) is 0 Å². The predicted octanol–water partition coefficient (Wildman–Crippen LogP) is 2.72. The first kappa shape index (κ1) is 13.5. The van der Waals surface area contributed by atoms with E-state index in [1.807, 2.05) is 18.2 Å². The van der Waals surface area contributed by atoms with E-state index in [0.29, 0.717) is 5.82 Å². The first-order valence-corrected chi connectivity index (χ1v) is 6.79. The van der Waals surface area contributed by atoms with Gasteiger partial charge in [0.05, 0.1) is 6.61 Å². The molecule has 5 nitrogen and oxygen atoms in total. The highest BCUT2D eigenvalue weighted by Crippen LogP contribution is 2.29. The van der Waals surface area contributed by atoms with Gasteiger partial charge in [-0.05, 0) is 28.3 Å². The Hall–Kier alpha value is -2.53. The van der Waals surface area contributed by atoms with Crippen molar-refractivity contribution in [3.05, 3.63) is 54.1 Å². The fourth-order valence-corrected chi connectivity index (χ4v) is 2.28. The summed E-state index contributed by atoms with van der Waals surface area (Å²) in [4.78, 5) is 0. The molecule has 106 valence electrons. The van der Waals surface area contributed by atoms with Crippen LogP contribution in [0.1, 0.15) is 5.56 Å². The maximum Gasteiger partial charge on any atom is 0.205 e. The molecule has 0 unspecified atom stereocenters. The van der Waals surface area contributed by atoms with Gasteiger partial charge in [-0.25, -0.2) is 0 Å². The molecule has 1 aromatic heterocycles. The lowest BCUT2D eigenvalue weighted by Crippen LogP contribution is -1.94. The summed E-state index contributed by atoms with van der Waals surface area (Å²) in [5.41, 5.74) is 4.46. The Balaban J connectivity index is 1.94. The first-order valence-electron chi connectivity index (χ1n) is 6.79. The molecule has 0 aliphatic carbocycles. The van der Waals surface area contributed by atoms with E-state index in [2.05, 4.69) is 51.0 Å². The highest BCUT2D eigenvalue weighted by Gasteiger charge is 2.10. The molecule has 3 rings (SSSR count). The van der Waals surface area contributed by atoms with Gasteiger partial charge in [-0.2, -0.15) is 5.21 Å². The number of hydrogen-bond acceptors (Lipinski definition) is 4. The minimum atomic E-state index is 0.606. The lowest BCUT2D eigenvalue weighted by atomic mass is 9.98. The van der Waals surface area contributed by atoms with Gasteiger partial charge in [-0.3, -0.25) is 0 Å². The summed E-state index contributed by atoms with van der Waals surface area (Å²) < 4.78 is 5.10. The topological polar surface area (TPSA) is 63.7 Å². The number of tetrazole rings is 1. The molecule has 5 heteroatoms. The van der Waals surface area contributed by atoms with Crippen LogP contribution in [0.2, 0.25) is 0 Å². The third-order valence-electron chi connectivity index (χ3n) is 3.37. The summed E-state index contributed by atoms with van der Waals surface area (Å²) in [6, 6.07) is 16.5. The smallest absolute Gasteiger partial charge is 0.205 e. The fraction of sp³-hybridized carbons (Fsp3) is 0.188. The molecule has 0 fully saturated rings. The quantitative estimate of drug-likeness (QED) is 0.780. The van der Waals surface area contributed by atoms with Gasteiger partial charge in [-0.15, -0.1) is 10.2 Å². The molecule has 21 heavy (non-hydrogen) atoms. The number of aromatic amines is 1. The van der Waals surface area contributed by atoms with Crippen LogP contribution in [0, 0.1) is 0 Å². The minimum Gasteiger partial charge on any atom is -0.384 e. The number of hydrogen-bond donors (Lipinski definition) is 1. The maximum absolute atomic E-state index is 5.10. The zero-order valence-electron chi connectivity index (χ0n) is 11.8. The highest BCUT2D eigenvalue weighted by atomic mass is 16.5. The number of H-pyrrole nitrogens is 1. The summed E-state index contributed by atoms with van der Waals surface area (Å²) >= 11 is 0. The third-order valence-corrected chi connectivity index (χ3v) is 3.37. The average molecular weight is 280 g/mol. The number of rotatable bonds is 5. The molecule has 0 saturated carbocycles. The van der Waals surface area contributed by atoms with E-state index < -0.39 is 0 Å². The third kappa shape index (κ3) is 2.98. The second kappa shape index (κ2) is 6.28. The van der Waals surface area contributed by atoms with Crippen molar-refractivity contribution in [2.24, 2.45) is 0 Å². The molecule has 0 atom stereocenters. The van der Waals surface area contributed by atoms with Crippen molar-refractivity contribution in [2.45, 2.75) is 6.42 Å². The zero-order chi connectivity index (χ0) is 14.5. The number of methoxy groups -OCH3 is 1. The van der Waals surface area contributed by atoms with Crippen molar-refractivity contribution in [3.8, 4) is 22.5 Å². The van der Waals surface area contributed by atoms with Gasteiger partial charge in [0, 0.05) is 12.7 Å². The van der Waals surface area contributed by atoms with E-state index in [1.165, 1.54) is 5.56 Å². The van der Waals surface area contributed by atoms with Crippen LogP contribution < -0.4 is 0 Å². The SMILES string of the molecule is COCCc1ccc(-c2ccccc2-c2nn[nH]n2)cc1. The molecule has 1 heterocycles. The second-order valence-corrected chi connectivity index (χ2v) is 4.72. The Bertz CT molecular complexity index is 693. The first-order chi connectivity index (χ1) is 10.4. The van der Waals surface area contributed by atoms with E-state index in [1.54, 1.807) is 7.11 Å². The number of aromatic nitrogens is 4. The molecule has 1 N–H and O–H groups in total. The van der Waals surface area contributed by atoms with E-state index in [4.69, 9.17) is 4.74 Å². The normalized spacial score (nSPS) is 10.7. The molecule has 0 aliphatic rings. The summed E-state index contributed by atoms with van der Waals surface area (Å²) in [6.45, 7) is 0.735. The van der Waals surface area contributed by atoms with Crippen molar-refractivity contribution in [1.29, 1.82) is 0 Å². The van der Waals surface area contributed by atoms with Gasteiger partial charge in [0.15, 0.2) is 0 Å². The Kier molecular flexibility index (Phi) is 4.02. The summed E-state index contributed by atoms with van der Waals surface area (Å²) in [5.74, 6) is 0.606. The van der Waals surface area contributed by atoms with Crippen molar-refractivity contribution >= 4 is 0 Å². The molecule has 0 aliphatic heterocycles. The van der Waals surface area contributed by atoms with Crippen molar-refractivity contribution in [1.82, 2.24) is 20.6 Å². The van der Waals surface area contributed by atoms with Crippen LogP contribution in [0.3, 0.4) is 0 Å². The van der Waals surface area contributed by atoms with Crippen LogP contribution in [0.15, 0.2) is 48.5 Å². The minimum absolute atomic E-state index is 0.606. The van der Waals surface area contributed by atoms with Crippen LogP contribution in [0.25, 0.3) is 22.5 Å².